The number of nitrogens with zero attached hydrogens (tertiary/aromatic N) is 1. The van der Waals surface area contributed by atoms with Gasteiger partial charge in [0.25, 0.3) is 0 Å². The first-order valence-electron chi connectivity index (χ1n) is 6.18. The van der Waals surface area contributed by atoms with E-state index in [0.717, 1.165) is 18.3 Å². The Morgan fingerprint density at radius 3 is 3.06 bits per heavy atom. The molecule has 3 nitrogen and oxygen atoms in total. The lowest BCUT2D eigenvalue weighted by Gasteiger charge is -2.21. The van der Waals surface area contributed by atoms with Crippen LogP contribution >= 0.6 is 11.3 Å². The summed E-state index contributed by atoms with van der Waals surface area (Å²) in [7, 11) is 0. The maximum atomic E-state index is 5.68. The summed E-state index contributed by atoms with van der Waals surface area (Å²) in [6.45, 7) is 2.29. The lowest BCUT2D eigenvalue weighted by atomic mass is 9.94. The van der Waals surface area contributed by atoms with Gasteiger partial charge in [0.1, 0.15) is 0 Å². The van der Waals surface area contributed by atoms with Gasteiger partial charge in [-0.2, -0.15) is 0 Å². The van der Waals surface area contributed by atoms with Gasteiger partial charge in [0.15, 0.2) is 0 Å². The molecule has 0 radical (unpaired) electrons. The molecular weight excluding hydrogens is 218 g/mol. The monoisotopic (exact) mass is 239 g/mol. The zero-order chi connectivity index (χ0) is 11.4. The molecule has 1 saturated carbocycles. The van der Waals surface area contributed by atoms with Crippen LogP contribution in [0.2, 0.25) is 0 Å². The van der Waals surface area contributed by atoms with Gasteiger partial charge in [-0.1, -0.05) is 19.8 Å². The maximum Gasteiger partial charge on any atom is 0.0940 e. The summed E-state index contributed by atoms with van der Waals surface area (Å²) in [6, 6.07) is 0.405. The van der Waals surface area contributed by atoms with E-state index in [-0.39, 0.29) is 0 Å². The van der Waals surface area contributed by atoms with Gasteiger partial charge >= 0.3 is 0 Å². The van der Waals surface area contributed by atoms with E-state index in [4.69, 9.17) is 5.84 Å². The molecule has 0 aliphatic heterocycles. The van der Waals surface area contributed by atoms with Crippen LogP contribution in [-0.2, 0) is 6.42 Å². The molecule has 0 spiro atoms. The predicted octanol–water partition coefficient (Wildman–Crippen LogP) is 2.34. The molecule has 1 aromatic heterocycles. The number of thiazole rings is 1. The van der Waals surface area contributed by atoms with E-state index in [2.05, 4.69) is 17.3 Å². The molecule has 4 heteroatoms. The Morgan fingerprint density at radius 2 is 2.50 bits per heavy atom. The van der Waals surface area contributed by atoms with E-state index in [0.29, 0.717) is 6.04 Å². The average Bonchev–Trinajstić information content (AvgIpc) is 2.96. The SMILES string of the molecule is CCC1CCC(C(Cc2nccs2)NN)C1. The Bertz CT molecular complexity index is 299. The van der Waals surface area contributed by atoms with E-state index >= 15 is 0 Å². The molecule has 0 aromatic carbocycles. The molecule has 0 bridgehead atoms. The highest BCUT2D eigenvalue weighted by Gasteiger charge is 2.29. The number of rotatable bonds is 5. The number of nitrogens with one attached hydrogen (secondary N) is 1. The minimum atomic E-state index is 0.405. The Morgan fingerprint density at radius 1 is 1.62 bits per heavy atom. The lowest BCUT2D eigenvalue weighted by Crippen LogP contribution is -2.41. The summed E-state index contributed by atoms with van der Waals surface area (Å²) >= 11 is 1.73. The van der Waals surface area contributed by atoms with E-state index in [1.807, 2.05) is 11.6 Å². The minimum Gasteiger partial charge on any atom is -0.271 e. The van der Waals surface area contributed by atoms with Crippen molar-refractivity contribution in [2.45, 2.75) is 45.1 Å². The highest BCUT2D eigenvalue weighted by atomic mass is 32.1. The van der Waals surface area contributed by atoms with Crippen molar-refractivity contribution in [3.05, 3.63) is 16.6 Å². The van der Waals surface area contributed by atoms with E-state index < -0.39 is 0 Å². The standard InChI is InChI=1S/C12H21N3S/c1-2-9-3-4-10(7-9)11(15-13)8-12-14-5-6-16-12/h5-6,9-11,15H,2-4,7-8,13H2,1H3. The van der Waals surface area contributed by atoms with Crippen LogP contribution in [0.4, 0.5) is 0 Å². The van der Waals surface area contributed by atoms with Crippen LogP contribution in [-0.4, -0.2) is 11.0 Å². The van der Waals surface area contributed by atoms with Crippen molar-refractivity contribution in [1.82, 2.24) is 10.4 Å². The molecule has 3 atom stereocenters. The summed E-state index contributed by atoms with van der Waals surface area (Å²) in [5.41, 5.74) is 2.99. The largest absolute Gasteiger partial charge is 0.271 e. The molecule has 2 rings (SSSR count). The van der Waals surface area contributed by atoms with Gasteiger partial charge < -0.3 is 0 Å². The molecule has 1 heterocycles. The highest BCUT2D eigenvalue weighted by molar-refractivity contribution is 7.09. The second-order valence-corrected chi connectivity index (χ2v) is 5.73. The van der Waals surface area contributed by atoms with Crippen LogP contribution in [0.1, 0.15) is 37.6 Å². The second kappa shape index (κ2) is 5.75. The topological polar surface area (TPSA) is 50.9 Å². The summed E-state index contributed by atoms with van der Waals surface area (Å²) in [5.74, 6) is 7.33. The second-order valence-electron chi connectivity index (χ2n) is 4.75. The van der Waals surface area contributed by atoms with Crippen LogP contribution < -0.4 is 11.3 Å². The maximum absolute atomic E-state index is 5.68. The molecular formula is C12H21N3S. The van der Waals surface area contributed by atoms with Gasteiger partial charge in [-0.15, -0.1) is 11.3 Å². The van der Waals surface area contributed by atoms with Gasteiger partial charge in [-0.05, 0) is 24.7 Å². The number of hydrazine groups is 1. The van der Waals surface area contributed by atoms with Crippen molar-refractivity contribution < 1.29 is 0 Å². The third-order valence-electron chi connectivity index (χ3n) is 3.82. The fourth-order valence-corrected chi connectivity index (χ4v) is 3.43. The van der Waals surface area contributed by atoms with Gasteiger partial charge in [0.05, 0.1) is 5.01 Å². The summed E-state index contributed by atoms with van der Waals surface area (Å²) in [4.78, 5) is 4.34. The van der Waals surface area contributed by atoms with Gasteiger partial charge in [-0.3, -0.25) is 11.3 Å². The van der Waals surface area contributed by atoms with Crippen LogP contribution in [0, 0.1) is 11.8 Å². The first kappa shape index (κ1) is 12.0. The fourth-order valence-electron chi connectivity index (χ4n) is 2.75. The van der Waals surface area contributed by atoms with Gasteiger partial charge in [-0.25, -0.2) is 4.98 Å². The summed E-state index contributed by atoms with van der Waals surface area (Å²) in [5, 5.41) is 3.23. The first-order chi connectivity index (χ1) is 7.83. The molecule has 3 N–H and O–H groups in total. The van der Waals surface area contributed by atoms with E-state index in [1.165, 1.54) is 30.7 Å². The molecule has 1 aliphatic carbocycles. The van der Waals surface area contributed by atoms with E-state index in [9.17, 15) is 0 Å². The molecule has 16 heavy (non-hydrogen) atoms. The van der Waals surface area contributed by atoms with Crippen molar-refractivity contribution in [3.63, 3.8) is 0 Å². The number of hydrogen-bond acceptors (Lipinski definition) is 4. The molecule has 90 valence electrons. The molecule has 1 fully saturated rings. The molecule has 3 unspecified atom stereocenters. The van der Waals surface area contributed by atoms with Gasteiger partial charge in [0, 0.05) is 24.0 Å². The normalized spacial score (nSPS) is 27.1. The van der Waals surface area contributed by atoms with Gasteiger partial charge in [0.2, 0.25) is 0 Å². The quantitative estimate of drug-likeness (QED) is 0.612. The van der Waals surface area contributed by atoms with E-state index in [1.54, 1.807) is 11.3 Å². The summed E-state index contributed by atoms with van der Waals surface area (Å²) in [6.07, 6.45) is 8.18. The van der Waals surface area contributed by atoms with Crippen LogP contribution in [0.15, 0.2) is 11.6 Å². The first-order valence-corrected chi connectivity index (χ1v) is 7.06. The Hall–Kier alpha value is -0.450. The Labute approximate surface area is 101 Å². The Balaban J connectivity index is 1.90. The summed E-state index contributed by atoms with van der Waals surface area (Å²) < 4.78 is 0. The van der Waals surface area contributed by atoms with Crippen molar-refractivity contribution in [1.29, 1.82) is 0 Å². The third kappa shape index (κ3) is 2.81. The zero-order valence-electron chi connectivity index (χ0n) is 9.86. The fraction of sp³-hybridized carbons (Fsp3) is 0.750. The molecule has 1 aromatic rings. The third-order valence-corrected chi connectivity index (χ3v) is 4.62. The number of hydrogen-bond donors (Lipinski definition) is 2. The highest BCUT2D eigenvalue weighted by Crippen LogP contribution is 2.35. The van der Waals surface area contributed by atoms with Crippen molar-refractivity contribution in [3.8, 4) is 0 Å². The van der Waals surface area contributed by atoms with Crippen LogP contribution in [0.3, 0.4) is 0 Å². The lowest BCUT2D eigenvalue weighted by molar-refractivity contribution is 0.347. The zero-order valence-corrected chi connectivity index (χ0v) is 10.7. The minimum absolute atomic E-state index is 0.405. The molecule has 1 aliphatic rings. The smallest absolute Gasteiger partial charge is 0.0940 e. The Kier molecular flexibility index (Phi) is 4.32. The predicted molar refractivity (Wildman–Crippen MR) is 68.1 cm³/mol. The molecule has 0 saturated heterocycles. The van der Waals surface area contributed by atoms with Crippen molar-refractivity contribution in [2.24, 2.45) is 17.7 Å². The van der Waals surface area contributed by atoms with Crippen LogP contribution in [0.25, 0.3) is 0 Å². The average molecular weight is 239 g/mol. The van der Waals surface area contributed by atoms with Crippen LogP contribution in [0.5, 0.6) is 0 Å². The number of aromatic nitrogens is 1. The van der Waals surface area contributed by atoms with Crippen molar-refractivity contribution in [2.75, 3.05) is 0 Å². The molecule has 0 amide bonds. The van der Waals surface area contributed by atoms with Crippen molar-refractivity contribution >= 4 is 11.3 Å². The number of nitrogens with two attached hydrogens (primary N) is 1.